The summed E-state index contributed by atoms with van der Waals surface area (Å²) in [6.45, 7) is 19.1. The quantitative estimate of drug-likeness (QED) is 0.407. The van der Waals surface area contributed by atoms with Crippen LogP contribution in [-0.2, 0) is 0 Å². The van der Waals surface area contributed by atoms with Crippen LogP contribution in [0.15, 0.2) is 43.5 Å². The Labute approximate surface area is 197 Å². The summed E-state index contributed by atoms with van der Waals surface area (Å²) in [6, 6.07) is 9.52. The molecule has 4 nitrogen and oxygen atoms in total. The van der Waals surface area contributed by atoms with Gasteiger partial charge in [-0.2, -0.15) is 0 Å². The zero-order chi connectivity index (χ0) is 23.6. The van der Waals surface area contributed by atoms with Gasteiger partial charge in [0.25, 0.3) is 0 Å². The molecule has 0 aliphatic carbocycles. The van der Waals surface area contributed by atoms with Crippen molar-refractivity contribution in [2.75, 3.05) is 13.1 Å². The molecule has 32 heavy (non-hydrogen) atoms. The fourth-order valence-corrected chi connectivity index (χ4v) is 4.32. The molecule has 0 aromatic heterocycles. The molecule has 0 spiro atoms. The van der Waals surface area contributed by atoms with Crippen molar-refractivity contribution in [1.82, 2.24) is 10.2 Å². The first kappa shape index (κ1) is 24.1. The minimum Gasteiger partial charge on any atom is -0.507 e. The van der Waals surface area contributed by atoms with Crippen LogP contribution in [-0.4, -0.2) is 28.2 Å². The second-order valence-electron chi connectivity index (χ2n) is 9.54. The van der Waals surface area contributed by atoms with Gasteiger partial charge in [-0.25, -0.2) is 0 Å². The lowest BCUT2D eigenvalue weighted by molar-refractivity contribution is 0.347. The van der Waals surface area contributed by atoms with E-state index >= 15 is 0 Å². The molecule has 2 aromatic rings. The lowest BCUT2D eigenvalue weighted by Crippen LogP contribution is -2.27. The minimum atomic E-state index is -0.138. The number of phenolic OH excluding ortho intramolecular Hbond substituents is 2. The molecule has 1 atom stereocenters. The van der Waals surface area contributed by atoms with Crippen LogP contribution in [0.2, 0.25) is 5.02 Å². The molecule has 0 amide bonds. The fraction of sp³-hybridized carbons (Fsp3) is 0.407. The van der Waals surface area contributed by atoms with E-state index in [2.05, 4.69) is 69.3 Å². The molecule has 3 rings (SSSR count). The Hall–Kier alpha value is -2.59. The number of rotatable bonds is 8. The zero-order valence-electron chi connectivity index (χ0n) is 19.6. The average molecular weight is 455 g/mol. The monoisotopic (exact) mass is 454 g/mol. The smallest absolute Gasteiger partial charge is 0.137 e. The molecule has 2 aromatic carbocycles. The van der Waals surface area contributed by atoms with E-state index < -0.39 is 0 Å². The number of nitrogens with one attached hydrogen (secondary N) is 1. The topological polar surface area (TPSA) is 55.7 Å². The first-order valence-corrected chi connectivity index (χ1v) is 11.6. The molecule has 0 bridgehead atoms. The third-order valence-electron chi connectivity index (χ3n) is 6.69. The van der Waals surface area contributed by atoms with Gasteiger partial charge in [0.1, 0.15) is 11.5 Å². The van der Waals surface area contributed by atoms with Crippen LogP contribution in [0, 0.1) is 12.3 Å². The highest BCUT2D eigenvalue weighted by Gasteiger charge is 2.30. The summed E-state index contributed by atoms with van der Waals surface area (Å²) in [5.74, 6) is -0.159. The molecule has 1 heterocycles. The van der Waals surface area contributed by atoms with Crippen LogP contribution in [0.5, 0.6) is 11.5 Å². The van der Waals surface area contributed by atoms with E-state index in [9.17, 15) is 10.2 Å². The molecular weight excluding hydrogens is 420 g/mol. The van der Waals surface area contributed by atoms with Gasteiger partial charge in [-0.15, -0.1) is 0 Å². The second-order valence-corrected chi connectivity index (χ2v) is 9.95. The van der Waals surface area contributed by atoms with Gasteiger partial charge in [-0.05, 0) is 60.4 Å². The maximum absolute atomic E-state index is 10.4. The zero-order valence-corrected chi connectivity index (χ0v) is 20.4. The standard InChI is InChI=1S/C27H35ClN2O2/c1-7-27(5,6)16-29-18(3)20-10-11-21(17(2)13-20)24-9-8-12-30(24)19(4)22-14-23(28)26(32)15-25(22)31/h10-11,13-15,24,29,31-32H,3-4,7-9,12,16H2,1-2,5-6H3. The number of likely N-dealkylation sites (tertiary alicyclic amines) is 1. The van der Waals surface area contributed by atoms with Gasteiger partial charge in [-0.1, -0.05) is 57.7 Å². The normalized spacial score (nSPS) is 16.3. The van der Waals surface area contributed by atoms with E-state index in [4.69, 9.17) is 11.6 Å². The Morgan fingerprint density at radius 1 is 1.19 bits per heavy atom. The van der Waals surface area contributed by atoms with E-state index in [0.717, 1.165) is 43.6 Å². The van der Waals surface area contributed by atoms with Gasteiger partial charge in [-0.3, -0.25) is 0 Å². The Kier molecular flexibility index (Phi) is 7.14. The van der Waals surface area contributed by atoms with Gasteiger partial charge >= 0.3 is 0 Å². The van der Waals surface area contributed by atoms with Crippen molar-refractivity contribution in [1.29, 1.82) is 0 Å². The highest BCUT2D eigenvalue weighted by atomic mass is 35.5. The molecule has 3 N–H and O–H groups in total. The van der Waals surface area contributed by atoms with Crippen LogP contribution in [0.4, 0.5) is 0 Å². The van der Waals surface area contributed by atoms with Crippen molar-refractivity contribution in [2.24, 2.45) is 5.41 Å². The lowest BCUT2D eigenvalue weighted by atomic mass is 9.90. The van der Waals surface area contributed by atoms with E-state index in [1.54, 1.807) is 6.07 Å². The molecular formula is C27H35ClN2O2. The first-order valence-electron chi connectivity index (χ1n) is 11.2. The third-order valence-corrected chi connectivity index (χ3v) is 6.99. The predicted octanol–water partition coefficient (Wildman–Crippen LogP) is 6.86. The van der Waals surface area contributed by atoms with Crippen molar-refractivity contribution in [3.05, 3.63) is 70.8 Å². The summed E-state index contributed by atoms with van der Waals surface area (Å²) < 4.78 is 0. The largest absolute Gasteiger partial charge is 0.507 e. The molecule has 1 saturated heterocycles. The van der Waals surface area contributed by atoms with Crippen LogP contribution in [0.3, 0.4) is 0 Å². The minimum absolute atomic E-state index is 0.0213. The first-order chi connectivity index (χ1) is 15.0. The summed E-state index contributed by atoms with van der Waals surface area (Å²) in [5.41, 5.74) is 5.98. The molecule has 1 unspecified atom stereocenters. The van der Waals surface area contributed by atoms with Crippen molar-refractivity contribution in [3.63, 3.8) is 0 Å². The van der Waals surface area contributed by atoms with Crippen molar-refractivity contribution in [2.45, 2.75) is 53.0 Å². The second kappa shape index (κ2) is 9.50. The fourth-order valence-electron chi connectivity index (χ4n) is 4.16. The number of aromatic hydroxyl groups is 2. The molecule has 0 radical (unpaired) electrons. The van der Waals surface area contributed by atoms with E-state index in [1.807, 2.05) is 0 Å². The van der Waals surface area contributed by atoms with E-state index in [1.165, 1.54) is 17.2 Å². The van der Waals surface area contributed by atoms with Crippen LogP contribution in [0.25, 0.3) is 11.4 Å². The van der Waals surface area contributed by atoms with Gasteiger partial charge in [0, 0.05) is 36.1 Å². The van der Waals surface area contributed by atoms with Crippen molar-refractivity contribution < 1.29 is 10.2 Å². The predicted molar refractivity (Wildman–Crippen MR) is 135 cm³/mol. The molecule has 1 aliphatic rings. The molecule has 1 aliphatic heterocycles. The number of hydrogen-bond acceptors (Lipinski definition) is 4. The lowest BCUT2D eigenvalue weighted by Gasteiger charge is -2.31. The third kappa shape index (κ3) is 5.07. The van der Waals surface area contributed by atoms with Crippen LogP contribution in [0.1, 0.15) is 68.3 Å². The number of aryl methyl sites for hydroxylation is 1. The maximum Gasteiger partial charge on any atom is 0.137 e. The Bertz CT molecular complexity index is 1030. The number of phenols is 2. The van der Waals surface area contributed by atoms with Gasteiger partial charge in [0.2, 0.25) is 0 Å². The SMILES string of the molecule is C=C(NCC(C)(C)CC)c1ccc(C2CCCN2C(=C)c2cc(Cl)c(O)cc2O)c(C)c1. The van der Waals surface area contributed by atoms with Crippen molar-refractivity contribution >= 4 is 23.0 Å². The van der Waals surface area contributed by atoms with Crippen molar-refractivity contribution in [3.8, 4) is 11.5 Å². The summed E-state index contributed by atoms with van der Waals surface area (Å²) in [6.07, 6.45) is 3.15. The summed E-state index contributed by atoms with van der Waals surface area (Å²) in [4.78, 5) is 2.22. The van der Waals surface area contributed by atoms with Gasteiger partial charge in [0.05, 0.1) is 11.1 Å². The Morgan fingerprint density at radius 3 is 2.56 bits per heavy atom. The van der Waals surface area contributed by atoms with E-state index in [0.29, 0.717) is 11.3 Å². The highest BCUT2D eigenvalue weighted by Crippen LogP contribution is 2.42. The molecule has 5 heteroatoms. The number of nitrogens with zero attached hydrogens (tertiary/aromatic N) is 1. The summed E-state index contributed by atoms with van der Waals surface area (Å²) in [5, 5.41) is 23.8. The van der Waals surface area contributed by atoms with Crippen LogP contribution < -0.4 is 5.32 Å². The summed E-state index contributed by atoms with van der Waals surface area (Å²) >= 11 is 6.09. The average Bonchev–Trinajstić information content (AvgIpc) is 3.23. The molecule has 1 fully saturated rings. The molecule has 172 valence electrons. The Balaban J connectivity index is 1.81. The van der Waals surface area contributed by atoms with Gasteiger partial charge in [0.15, 0.2) is 0 Å². The van der Waals surface area contributed by atoms with Crippen LogP contribution >= 0.6 is 11.6 Å². The summed E-state index contributed by atoms with van der Waals surface area (Å²) in [7, 11) is 0. The molecule has 0 saturated carbocycles. The maximum atomic E-state index is 10.4. The number of benzene rings is 2. The van der Waals surface area contributed by atoms with Gasteiger partial charge < -0.3 is 20.4 Å². The Morgan fingerprint density at radius 2 is 1.91 bits per heavy atom. The number of hydrogen-bond donors (Lipinski definition) is 3. The van der Waals surface area contributed by atoms with E-state index in [-0.39, 0.29) is 28.0 Å². The number of halogens is 1. The highest BCUT2D eigenvalue weighted by molar-refractivity contribution is 6.32.